The van der Waals surface area contributed by atoms with Crippen molar-refractivity contribution in [1.82, 2.24) is 10.2 Å². The van der Waals surface area contributed by atoms with Gasteiger partial charge in [0.15, 0.2) is 0 Å². The predicted molar refractivity (Wildman–Crippen MR) is 48.7 cm³/mol. The summed E-state index contributed by atoms with van der Waals surface area (Å²) in [5, 5.41) is 3.44. The molecule has 0 aromatic heterocycles. The molecule has 1 aliphatic heterocycles. The second-order valence-corrected chi connectivity index (χ2v) is 3.40. The Kier molecular flexibility index (Phi) is 3.09. The van der Waals surface area contributed by atoms with Crippen LogP contribution in [0, 0.1) is 0 Å². The summed E-state index contributed by atoms with van der Waals surface area (Å²) in [7, 11) is 0. The van der Waals surface area contributed by atoms with Crippen molar-refractivity contribution in [2.24, 2.45) is 0 Å². The van der Waals surface area contributed by atoms with Gasteiger partial charge < -0.3 is 5.32 Å². The lowest BCUT2D eigenvalue weighted by atomic mass is 10.1. The van der Waals surface area contributed by atoms with Crippen molar-refractivity contribution >= 4 is 0 Å². The first-order chi connectivity index (χ1) is 5.24. The van der Waals surface area contributed by atoms with Crippen molar-refractivity contribution in [3.05, 3.63) is 12.7 Å². The zero-order valence-corrected chi connectivity index (χ0v) is 7.51. The summed E-state index contributed by atoms with van der Waals surface area (Å²) in [6, 6.07) is 1.29. The van der Waals surface area contributed by atoms with Crippen LogP contribution in [0.3, 0.4) is 0 Å². The summed E-state index contributed by atoms with van der Waals surface area (Å²) < 4.78 is 0. The largest absolute Gasteiger partial charge is 0.311 e. The van der Waals surface area contributed by atoms with Crippen LogP contribution < -0.4 is 5.32 Å². The lowest BCUT2D eigenvalue weighted by Crippen LogP contribution is -2.54. The van der Waals surface area contributed by atoms with Gasteiger partial charge in [-0.3, -0.25) is 4.90 Å². The van der Waals surface area contributed by atoms with E-state index in [-0.39, 0.29) is 0 Å². The van der Waals surface area contributed by atoms with Gasteiger partial charge in [0, 0.05) is 31.7 Å². The van der Waals surface area contributed by atoms with E-state index in [2.05, 4.69) is 30.6 Å². The van der Waals surface area contributed by atoms with Crippen LogP contribution in [0.4, 0.5) is 0 Å². The first-order valence-electron chi connectivity index (χ1n) is 4.32. The van der Waals surface area contributed by atoms with E-state index in [9.17, 15) is 0 Å². The van der Waals surface area contributed by atoms with Gasteiger partial charge in [-0.1, -0.05) is 6.08 Å². The lowest BCUT2D eigenvalue weighted by Gasteiger charge is -2.36. The van der Waals surface area contributed by atoms with Gasteiger partial charge in [0.05, 0.1) is 0 Å². The highest BCUT2D eigenvalue weighted by Gasteiger charge is 2.20. The number of hydrogen-bond acceptors (Lipinski definition) is 2. The maximum atomic E-state index is 3.75. The Hall–Kier alpha value is -0.340. The van der Waals surface area contributed by atoms with Gasteiger partial charge in [0.25, 0.3) is 0 Å². The first-order valence-corrected chi connectivity index (χ1v) is 4.32. The Bertz CT molecular complexity index is 134. The molecule has 0 aliphatic carbocycles. The quantitative estimate of drug-likeness (QED) is 0.593. The summed E-state index contributed by atoms with van der Waals surface area (Å²) in [6.07, 6.45) is 1.98. The molecular formula is C9H18N2. The van der Waals surface area contributed by atoms with Crippen LogP contribution in [-0.4, -0.2) is 36.6 Å². The van der Waals surface area contributed by atoms with Gasteiger partial charge in [0.2, 0.25) is 0 Å². The van der Waals surface area contributed by atoms with E-state index >= 15 is 0 Å². The fourth-order valence-electron chi connectivity index (χ4n) is 1.52. The van der Waals surface area contributed by atoms with Crippen molar-refractivity contribution in [3.8, 4) is 0 Å². The van der Waals surface area contributed by atoms with Crippen LogP contribution in [0.25, 0.3) is 0 Å². The Morgan fingerprint density at radius 1 is 1.64 bits per heavy atom. The first kappa shape index (κ1) is 8.75. The van der Waals surface area contributed by atoms with E-state index in [1.807, 2.05) is 6.08 Å². The SMILES string of the molecule is C=CCN1C[C@H](C)NC[C@H]1C. The standard InChI is InChI=1S/C9H18N2/c1-4-5-11-7-8(2)10-6-9(11)3/h4,8-10H,1,5-7H2,2-3H3/t8-,9+/m0/s1. The van der Waals surface area contributed by atoms with E-state index in [1.165, 1.54) is 0 Å². The Morgan fingerprint density at radius 2 is 2.36 bits per heavy atom. The Morgan fingerprint density at radius 3 is 3.00 bits per heavy atom. The molecule has 1 saturated heterocycles. The second-order valence-electron chi connectivity index (χ2n) is 3.40. The summed E-state index contributed by atoms with van der Waals surface area (Å²) in [5.74, 6) is 0. The molecule has 0 saturated carbocycles. The average Bonchev–Trinajstić information content (AvgIpc) is 1.98. The molecule has 2 nitrogen and oxygen atoms in total. The van der Waals surface area contributed by atoms with Crippen LogP contribution in [0.5, 0.6) is 0 Å². The van der Waals surface area contributed by atoms with E-state index in [0.717, 1.165) is 19.6 Å². The number of nitrogens with one attached hydrogen (secondary N) is 1. The predicted octanol–water partition coefficient (Wildman–Crippen LogP) is 0.855. The van der Waals surface area contributed by atoms with Gasteiger partial charge >= 0.3 is 0 Å². The summed E-state index contributed by atoms with van der Waals surface area (Å²) in [5.41, 5.74) is 0. The van der Waals surface area contributed by atoms with E-state index in [1.54, 1.807) is 0 Å². The highest BCUT2D eigenvalue weighted by molar-refractivity contribution is 4.85. The van der Waals surface area contributed by atoms with Gasteiger partial charge in [-0.15, -0.1) is 6.58 Å². The van der Waals surface area contributed by atoms with Crippen molar-refractivity contribution in [2.75, 3.05) is 19.6 Å². The molecule has 0 aromatic carbocycles. The van der Waals surface area contributed by atoms with E-state index in [4.69, 9.17) is 0 Å². The zero-order valence-electron chi connectivity index (χ0n) is 7.51. The molecule has 1 fully saturated rings. The van der Waals surface area contributed by atoms with Gasteiger partial charge in [-0.2, -0.15) is 0 Å². The van der Waals surface area contributed by atoms with Crippen molar-refractivity contribution in [1.29, 1.82) is 0 Å². The van der Waals surface area contributed by atoms with Crippen molar-refractivity contribution in [2.45, 2.75) is 25.9 Å². The molecule has 0 unspecified atom stereocenters. The molecule has 0 aromatic rings. The maximum absolute atomic E-state index is 3.75. The Labute approximate surface area is 69.3 Å². The van der Waals surface area contributed by atoms with Gasteiger partial charge in [-0.25, -0.2) is 0 Å². The molecule has 0 spiro atoms. The third kappa shape index (κ3) is 2.31. The van der Waals surface area contributed by atoms with Crippen molar-refractivity contribution in [3.63, 3.8) is 0 Å². The smallest absolute Gasteiger partial charge is 0.0196 e. The van der Waals surface area contributed by atoms with E-state index < -0.39 is 0 Å². The third-order valence-corrected chi connectivity index (χ3v) is 2.26. The normalized spacial score (nSPS) is 33.6. The van der Waals surface area contributed by atoms with Crippen LogP contribution in [0.15, 0.2) is 12.7 Å². The summed E-state index contributed by atoms with van der Waals surface area (Å²) in [4.78, 5) is 2.45. The number of hydrogen-bond donors (Lipinski definition) is 1. The Balaban J connectivity index is 2.40. The highest BCUT2D eigenvalue weighted by Crippen LogP contribution is 2.05. The molecule has 2 heteroatoms. The molecule has 0 amide bonds. The maximum Gasteiger partial charge on any atom is 0.0196 e. The molecule has 0 radical (unpaired) electrons. The van der Waals surface area contributed by atoms with Crippen LogP contribution in [0.1, 0.15) is 13.8 Å². The molecule has 1 N–H and O–H groups in total. The minimum Gasteiger partial charge on any atom is -0.311 e. The highest BCUT2D eigenvalue weighted by atomic mass is 15.2. The third-order valence-electron chi connectivity index (χ3n) is 2.26. The number of nitrogens with zero attached hydrogens (tertiary/aromatic N) is 1. The molecule has 1 rings (SSSR count). The molecule has 0 bridgehead atoms. The van der Waals surface area contributed by atoms with Gasteiger partial charge in [-0.05, 0) is 13.8 Å². The molecule has 1 heterocycles. The van der Waals surface area contributed by atoms with Crippen LogP contribution in [0.2, 0.25) is 0 Å². The lowest BCUT2D eigenvalue weighted by molar-refractivity contribution is 0.163. The number of piperazine rings is 1. The zero-order chi connectivity index (χ0) is 8.27. The van der Waals surface area contributed by atoms with Crippen LogP contribution in [-0.2, 0) is 0 Å². The topological polar surface area (TPSA) is 15.3 Å². The monoisotopic (exact) mass is 154 g/mol. The fourth-order valence-corrected chi connectivity index (χ4v) is 1.52. The minimum absolute atomic E-state index is 0.631. The molecule has 64 valence electrons. The van der Waals surface area contributed by atoms with Gasteiger partial charge in [0.1, 0.15) is 0 Å². The van der Waals surface area contributed by atoms with Crippen molar-refractivity contribution < 1.29 is 0 Å². The van der Waals surface area contributed by atoms with Crippen LogP contribution >= 0.6 is 0 Å². The molecular weight excluding hydrogens is 136 g/mol. The molecule has 2 atom stereocenters. The van der Waals surface area contributed by atoms with E-state index in [0.29, 0.717) is 12.1 Å². The summed E-state index contributed by atoms with van der Waals surface area (Å²) >= 11 is 0. The molecule has 1 aliphatic rings. The second kappa shape index (κ2) is 3.88. The average molecular weight is 154 g/mol. The minimum atomic E-state index is 0.631. The number of rotatable bonds is 2. The molecule has 11 heavy (non-hydrogen) atoms. The summed E-state index contributed by atoms with van der Waals surface area (Å²) in [6.45, 7) is 11.5. The fraction of sp³-hybridized carbons (Fsp3) is 0.778.